The number of carboxylic acid groups (broad SMARTS) is 1. The van der Waals surface area contributed by atoms with Gasteiger partial charge in [-0.25, -0.2) is 9.59 Å². The molecular weight excluding hydrogens is 638 g/mol. The third kappa shape index (κ3) is 8.58. The summed E-state index contributed by atoms with van der Waals surface area (Å²) in [5, 5.41) is 12.9. The lowest BCUT2D eigenvalue weighted by Crippen LogP contribution is -2.62. The summed E-state index contributed by atoms with van der Waals surface area (Å²) < 4.78 is 33.0. The quantitative estimate of drug-likeness (QED) is 0.143. The van der Waals surface area contributed by atoms with Gasteiger partial charge in [0.05, 0.1) is 24.3 Å². The molecule has 2 atom stereocenters. The minimum atomic E-state index is -2.09. The molecule has 2 N–H and O–H groups in total. The van der Waals surface area contributed by atoms with Gasteiger partial charge in [0.25, 0.3) is 5.91 Å². The average molecular weight is 680 g/mol. The molecule has 1 saturated heterocycles. The Hall–Kier alpha value is -5.34. The van der Waals surface area contributed by atoms with Crippen LogP contribution < -0.4 is 24.4 Å². The van der Waals surface area contributed by atoms with E-state index >= 15 is 4.79 Å². The van der Waals surface area contributed by atoms with Crippen molar-refractivity contribution in [3.8, 4) is 17.2 Å². The predicted molar refractivity (Wildman–Crippen MR) is 178 cm³/mol. The SMILES string of the molecule is COCOc1ccc(C(=O)N[C@@H]2CN(C(=O)O)CCC[C@]2(OC(=O)c2ccccc2)C(=O)c2cc(N(C)C)ccc2OCOC)cc1OC. The fourth-order valence-electron chi connectivity index (χ4n) is 5.48. The summed E-state index contributed by atoms with van der Waals surface area (Å²) >= 11 is 0. The van der Waals surface area contributed by atoms with Gasteiger partial charge in [0.15, 0.2) is 30.7 Å². The Labute approximate surface area is 284 Å². The minimum Gasteiger partial charge on any atom is -0.493 e. The van der Waals surface area contributed by atoms with Gasteiger partial charge in [-0.05, 0) is 61.4 Å². The van der Waals surface area contributed by atoms with Crippen molar-refractivity contribution in [2.75, 3.05) is 67.0 Å². The first-order valence-corrected chi connectivity index (χ1v) is 15.4. The Morgan fingerprint density at radius 1 is 0.878 bits per heavy atom. The topological polar surface area (TPSA) is 162 Å². The Morgan fingerprint density at radius 2 is 1.55 bits per heavy atom. The van der Waals surface area contributed by atoms with Crippen LogP contribution in [0.15, 0.2) is 66.7 Å². The third-order valence-electron chi connectivity index (χ3n) is 8.00. The summed E-state index contributed by atoms with van der Waals surface area (Å²) in [5.41, 5.74) is -1.12. The van der Waals surface area contributed by atoms with Gasteiger partial charge in [0.1, 0.15) is 5.75 Å². The second-order valence-corrected chi connectivity index (χ2v) is 11.4. The summed E-state index contributed by atoms with van der Waals surface area (Å²) in [7, 11) is 7.89. The molecule has 49 heavy (non-hydrogen) atoms. The average Bonchev–Trinajstić information content (AvgIpc) is 3.29. The van der Waals surface area contributed by atoms with Crippen molar-refractivity contribution in [3.63, 3.8) is 0 Å². The maximum absolute atomic E-state index is 15.1. The van der Waals surface area contributed by atoms with Crippen molar-refractivity contribution in [2.45, 2.75) is 24.5 Å². The standard InChI is InChI=1S/C35H41N3O11/c1-37(2)25-13-15-27(47-21-44-3)26(19-25)31(39)35(49-33(41)23-10-7-6-8-11-23)16-9-17-38(34(42)43)20-30(35)36-32(40)24-12-14-28(48-22-45-4)29(18-24)46-5/h6-8,10-15,18-19,30H,9,16-17,20-22H2,1-5H3,(H,36,40)(H,42,43)/t30-,35-/m1/s1. The molecule has 1 aliphatic rings. The Kier molecular flexibility index (Phi) is 12.4. The zero-order valence-corrected chi connectivity index (χ0v) is 28.1. The van der Waals surface area contributed by atoms with E-state index in [0.717, 1.165) is 4.90 Å². The molecule has 0 aromatic heterocycles. The van der Waals surface area contributed by atoms with Crippen molar-refractivity contribution in [1.29, 1.82) is 0 Å². The fraction of sp³-hybridized carbons (Fsp3) is 0.371. The molecule has 4 rings (SSSR count). The molecule has 14 nitrogen and oxygen atoms in total. The van der Waals surface area contributed by atoms with Gasteiger partial charge in [-0.3, -0.25) is 9.59 Å². The van der Waals surface area contributed by atoms with Crippen LogP contribution in [0.1, 0.15) is 43.9 Å². The summed E-state index contributed by atoms with van der Waals surface area (Å²) in [6, 6.07) is 16.1. The monoisotopic (exact) mass is 679 g/mol. The first-order chi connectivity index (χ1) is 23.5. The molecule has 1 fully saturated rings. The number of rotatable bonds is 14. The van der Waals surface area contributed by atoms with E-state index in [9.17, 15) is 19.5 Å². The zero-order valence-electron chi connectivity index (χ0n) is 28.1. The van der Waals surface area contributed by atoms with E-state index in [1.165, 1.54) is 51.7 Å². The smallest absolute Gasteiger partial charge is 0.407 e. The van der Waals surface area contributed by atoms with E-state index in [0.29, 0.717) is 11.4 Å². The van der Waals surface area contributed by atoms with E-state index in [-0.39, 0.29) is 67.7 Å². The van der Waals surface area contributed by atoms with E-state index in [1.807, 2.05) is 0 Å². The largest absolute Gasteiger partial charge is 0.493 e. The summed E-state index contributed by atoms with van der Waals surface area (Å²) in [6.45, 7) is -0.596. The zero-order chi connectivity index (χ0) is 35.6. The number of nitrogens with zero attached hydrogens (tertiary/aromatic N) is 2. The van der Waals surface area contributed by atoms with E-state index in [1.54, 1.807) is 55.4 Å². The van der Waals surface area contributed by atoms with Crippen molar-refractivity contribution in [3.05, 3.63) is 83.4 Å². The van der Waals surface area contributed by atoms with Crippen molar-refractivity contribution in [2.24, 2.45) is 0 Å². The predicted octanol–water partition coefficient (Wildman–Crippen LogP) is 4.08. The van der Waals surface area contributed by atoms with E-state index in [2.05, 4.69) is 5.32 Å². The number of ketones is 1. The number of hydrogen-bond donors (Lipinski definition) is 2. The highest BCUT2D eigenvalue weighted by molar-refractivity contribution is 6.08. The molecule has 3 aromatic rings. The first kappa shape index (κ1) is 36.5. The summed E-state index contributed by atoms with van der Waals surface area (Å²) in [4.78, 5) is 58.0. The summed E-state index contributed by atoms with van der Waals surface area (Å²) in [5.74, 6) is -1.51. The highest BCUT2D eigenvalue weighted by Crippen LogP contribution is 2.37. The van der Waals surface area contributed by atoms with Crippen molar-refractivity contribution in [1.82, 2.24) is 10.2 Å². The third-order valence-corrected chi connectivity index (χ3v) is 8.00. The number of carbonyl (C=O) groups excluding carboxylic acids is 3. The highest BCUT2D eigenvalue weighted by atomic mass is 16.7. The molecule has 1 heterocycles. The van der Waals surface area contributed by atoms with Crippen LogP contribution >= 0.6 is 0 Å². The Bertz CT molecular complexity index is 1630. The van der Waals surface area contributed by atoms with Gasteiger partial charge >= 0.3 is 12.1 Å². The normalized spacial score (nSPS) is 17.3. The minimum absolute atomic E-state index is 0.0176. The number of Topliss-reactive ketones (excluding diaryl/α,β-unsaturated/α-hetero) is 1. The number of esters is 1. The van der Waals surface area contributed by atoms with Crippen LogP contribution in [0.3, 0.4) is 0 Å². The molecule has 14 heteroatoms. The molecule has 2 amide bonds. The Balaban J connectivity index is 1.88. The molecule has 0 bridgehead atoms. The molecule has 0 radical (unpaired) electrons. The number of hydrogen-bond acceptors (Lipinski definition) is 11. The van der Waals surface area contributed by atoms with Crippen LogP contribution in [0.4, 0.5) is 10.5 Å². The number of methoxy groups -OCH3 is 3. The molecule has 0 saturated carbocycles. The number of anilines is 1. The Morgan fingerprint density at radius 3 is 2.18 bits per heavy atom. The van der Waals surface area contributed by atoms with Gasteiger partial charge in [0, 0.05) is 52.7 Å². The van der Waals surface area contributed by atoms with Crippen LogP contribution in [0, 0.1) is 0 Å². The lowest BCUT2D eigenvalue weighted by molar-refractivity contribution is -0.0274. The first-order valence-electron chi connectivity index (χ1n) is 15.4. The maximum Gasteiger partial charge on any atom is 0.407 e. The van der Waals surface area contributed by atoms with Gasteiger partial charge in [-0.15, -0.1) is 0 Å². The molecule has 3 aromatic carbocycles. The molecule has 262 valence electrons. The fourth-order valence-corrected chi connectivity index (χ4v) is 5.48. The number of ether oxygens (including phenoxy) is 6. The second kappa shape index (κ2) is 16.7. The van der Waals surface area contributed by atoms with E-state index in [4.69, 9.17) is 28.4 Å². The molecule has 0 spiro atoms. The van der Waals surface area contributed by atoms with Gasteiger partial charge in [-0.1, -0.05) is 18.2 Å². The molecular formula is C35H41N3O11. The number of benzene rings is 3. The summed E-state index contributed by atoms with van der Waals surface area (Å²) in [6.07, 6.45) is -1.26. The lowest BCUT2D eigenvalue weighted by atomic mass is 9.81. The van der Waals surface area contributed by atoms with Gasteiger partial charge < -0.3 is 48.6 Å². The number of likely N-dealkylation sites (tertiary alicyclic amines) is 1. The number of nitrogens with one attached hydrogen (secondary N) is 1. The van der Waals surface area contributed by atoms with Crippen LogP contribution in [-0.4, -0.2) is 108 Å². The lowest BCUT2D eigenvalue weighted by Gasteiger charge is -2.39. The number of amides is 2. The van der Waals surface area contributed by atoms with E-state index < -0.39 is 35.4 Å². The number of carbonyl (C=O) groups is 4. The van der Waals surface area contributed by atoms with Crippen LogP contribution in [0.5, 0.6) is 17.2 Å². The van der Waals surface area contributed by atoms with Crippen LogP contribution in [-0.2, 0) is 14.2 Å². The molecule has 0 unspecified atom stereocenters. The van der Waals surface area contributed by atoms with Crippen molar-refractivity contribution >= 4 is 29.4 Å². The van der Waals surface area contributed by atoms with Crippen LogP contribution in [0.2, 0.25) is 0 Å². The van der Waals surface area contributed by atoms with Crippen LogP contribution in [0.25, 0.3) is 0 Å². The van der Waals surface area contributed by atoms with Gasteiger partial charge in [-0.2, -0.15) is 0 Å². The molecule has 0 aliphatic carbocycles. The second-order valence-electron chi connectivity index (χ2n) is 11.4. The maximum atomic E-state index is 15.1. The molecule has 1 aliphatic heterocycles. The van der Waals surface area contributed by atoms with Crippen molar-refractivity contribution < 1.29 is 52.7 Å². The van der Waals surface area contributed by atoms with Gasteiger partial charge in [0.2, 0.25) is 5.78 Å². The highest BCUT2D eigenvalue weighted by Gasteiger charge is 2.53.